The van der Waals surface area contributed by atoms with E-state index < -0.39 is 0 Å². The molecule has 0 aromatic heterocycles. The van der Waals surface area contributed by atoms with Gasteiger partial charge in [-0.05, 0) is 63.1 Å². The van der Waals surface area contributed by atoms with Crippen LogP contribution in [0.2, 0.25) is 0 Å². The van der Waals surface area contributed by atoms with Crippen LogP contribution in [0.25, 0.3) is 0 Å². The van der Waals surface area contributed by atoms with Gasteiger partial charge in [0.2, 0.25) is 5.91 Å². The van der Waals surface area contributed by atoms with Crippen LogP contribution >= 0.6 is 0 Å². The summed E-state index contributed by atoms with van der Waals surface area (Å²) in [6.07, 6.45) is 10.3. The van der Waals surface area contributed by atoms with Crippen molar-refractivity contribution in [2.45, 2.75) is 44.2 Å². The summed E-state index contributed by atoms with van der Waals surface area (Å²) in [6.45, 7) is 3.62. The number of piperidine rings is 3. The molecule has 4 heterocycles. The lowest BCUT2D eigenvalue weighted by atomic mass is 9.68. The number of rotatable bonds is 0. The van der Waals surface area contributed by atoms with Gasteiger partial charge in [-0.25, -0.2) is 0 Å². The van der Waals surface area contributed by atoms with Gasteiger partial charge in [0, 0.05) is 18.6 Å². The van der Waals surface area contributed by atoms with Crippen molar-refractivity contribution in [1.29, 1.82) is 0 Å². The fraction of sp³-hybridized carbons (Fsp3) is 0.800. The molecule has 3 saturated heterocycles. The largest absolute Gasteiger partial charge is 0.335 e. The van der Waals surface area contributed by atoms with Gasteiger partial charge in [0.05, 0.1) is 0 Å². The fourth-order valence-electron chi connectivity index (χ4n) is 4.95. The molecule has 0 bridgehead atoms. The molecule has 0 saturated carbocycles. The summed E-state index contributed by atoms with van der Waals surface area (Å²) >= 11 is 0. The van der Waals surface area contributed by atoms with Gasteiger partial charge < -0.3 is 4.90 Å². The molecule has 4 aliphatic heterocycles. The smallest absolute Gasteiger partial charge is 0.246 e. The van der Waals surface area contributed by atoms with E-state index in [1.807, 2.05) is 0 Å². The highest BCUT2D eigenvalue weighted by Crippen LogP contribution is 2.43. The monoisotopic (exact) mass is 246 g/mol. The molecule has 4 rings (SSSR count). The van der Waals surface area contributed by atoms with Gasteiger partial charge in [0.1, 0.15) is 0 Å². The summed E-state index contributed by atoms with van der Waals surface area (Å²) in [6, 6.07) is 1.29. The van der Waals surface area contributed by atoms with Crippen LogP contribution in [0.15, 0.2) is 12.2 Å². The third-order valence-electron chi connectivity index (χ3n) is 5.59. The molecule has 3 heteroatoms. The molecule has 3 unspecified atom stereocenters. The Morgan fingerprint density at radius 3 is 2.89 bits per heavy atom. The average molecular weight is 246 g/mol. The van der Waals surface area contributed by atoms with Crippen LogP contribution in [0.5, 0.6) is 0 Å². The summed E-state index contributed by atoms with van der Waals surface area (Å²) in [7, 11) is 0. The Bertz CT molecular complexity index is 390. The molecule has 3 fully saturated rings. The van der Waals surface area contributed by atoms with Crippen molar-refractivity contribution in [3.63, 3.8) is 0 Å². The van der Waals surface area contributed by atoms with Crippen LogP contribution in [-0.4, -0.2) is 47.4 Å². The van der Waals surface area contributed by atoms with Crippen LogP contribution in [-0.2, 0) is 4.79 Å². The molecule has 1 amide bonds. The molecule has 18 heavy (non-hydrogen) atoms. The second-order valence-electron chi connectivity index (χ2n) is 6.43. The van der Waals surface area contributed by atoms with Crippen molar-refractivity contribution >= 4 is 5.91 Å². The van der Waals surface area contributed by atoms with Crippen molar-refractivity contribution in [1.82, 2.24) is 9.80 Å². The van der Waals surface area contributed by atoms with Crippen molar-refractivity contribution in [3.8, 4) is 0 Å². The zero-order valence-electron chi connectivity index (χ0n) is 10.9. The zero-order chi connectivity index (χ0) is 12.1. The maximum absolute atomic E-state index is 12.1. The number of carbonyl (C=O) groups excluding carboxylic acids is 1. The standard InChI is InChI=1S/C15H22N2O/c18-14-7-1-6-13-12-5-3-9-16-8-2-4-11(15(12)16)10-17(13)14/h1,7,11-13,15H,2-6,8-10H2/t11?,12?,13-,15?/m1/s1. The molecule has 4 atom stereocenters. The molecule has 0 aliphatic carbocycles. The van der Waals surface area contributed by atoms with E-state index in [0.29, 0.717) is 6.04 Å². The van der Waals surface area contributed by atoms with Gasteiger partial charge >= 0.3 is 0 Å². The van der Waals surface area contributed by atoms with Crippen LogP contribution in [0, 0.1) is 11.8 Å². The predicted octanol–water partition coefficient (Wildman–Crippen LogP) is 1.65. The number of carbonyl (C=O) groups is 1. The van der Waals surface area contributed by atoms with Crippen LogP contribution < -0.4 is 0 Å². The molecule has 0 aromatic rings. The normalized spacial score (nSPS) is 43.6. The Morgan fingerprint density at radius 1 is 1.17 bits per heavy atom. The van der Waals surface area contributed by atoms with E-state index in [4.69, 9.17) is 0 Å². The fourth-order valence-corrected chi connectivity index (χ4v) is 4.95. The Hall–Kier alpha value is -0.830. The van der Waals surface area contributed by atoms with Gasteiger partial charge in [-0.2, -0.15) is 0 Å². The summed E-state index contributed by atoms with van der Waals surface area (Å²) in [4.78, 5) is 17.0. The first-order valence-electron chi connectivity index (χ1n) is 7.56. The summed E-state index contributed by atoms with van der Waals surface area (Å²) < 4.78 is 0. The summed E-state index contributed by atoms with van der Waals surface area (Å²) in [5, 5.41) is 0. The van der Waals surface area contributed by atoms with Gasteiger partial charge in [-0.3, -0.25) is 9.69 Å². The Labute approximate surface area is 109 Å². The van der Waals surface area contributed by atoms with E-state index in [1.165, 1.54) is 38.8 Å². The summed E-state index contributed by atoms with van der Waals surface area (Å²) in [5.41, 5.74) is 0. The van der Waals surface area contributed by atoms with Crippen molar-refractivity contribution in [2.24, 2.45) is 11.8 Å². The molecule has 0 radical (unpaired) electrons. The zero-order valence-corrected chi connectivity index (χ0v) is 10.9. The lowest BCUT2D eigenvalue weighted by molar-refractivity contribution is -0.141. The lowest BCUT2D eigenvalue weighted by Crippen LogP contribution is -2.65. The van der Waals surface area contributed by atoms with Gasteiger partial charge in [0.25, 0.3) is 0 Å². The maximum atomic E-state index is 12.1. The second kappa shape index (κ2) is 4.09. The van der Waals surface area contributed by atoms with Crippen molar-refractivity contribution in [2.75, 3.05) is 19.6 Å². The van der Waals surface area contributed by atoms with E-state index in [0.717, 1.165) is 30.8 Å². The Morgan fingerprint density at radius 2 is 2.00 bits per heavy atom. The van der Waals surface area contributed by atoms with E-state index in [-0.39, 0.29) is 5.91 Å². The van der Waals surface area contributed by atoms with E-state index in [1.54, 1.807) is 6.08 Å². The van der Waals surface area contributed by atoms with Crippen molar-refractivity contribution in [3.05, 3.63) is 12.2 Å². The average Bonchev–Trinajstić information content (AvgIpc) is 2.41. The second-order valence-corrected chi connectivity index (χ2v) is 6.43. The van der Waals surface area contributed by atoms with E-state index in [2.05, 4.69) is 15.9 Å². The minimum Gasteiger partial charge on any atom is -0.335 e. The molecular weight excluding hydrogens is 224 g/mol. The molecule has 0 spiro atoms. The highest BCUT2D eigenvalue weighted by molar-refractivity contribution is 5.88. The lowest BCUT2D eigenvalue weighted by Gasteiger charge is -2.57. The molecular formula is C15H22N2O. The highest BCUT2D eigenvalue weighted by atomic mass is 16.2. The highest BCUT2D eigenvalue weighted by Gasteiger charge is 2.49. The minimum absolute atomic E-state index is 0.271. The molecule has 0 aromatic carbocycles. The minimum atomic E-state index is 0.271. The Kier molecular flexibility index (Phi) is 2.51. The quantitative estimate of drug-likeness (QED) is 0.649. The first kappa shape index (κ1) is 11.0. The first-order chi connectivity index (χ1) is 8.84. The van der Waals surface area contributed by atoms with Crippen LogP contribution in [0.3, 0.4) is 0 Å². The number of hydrogen-bond acceptors (Lipinski definition) is 2. The van der Waals surface area contributed by atoms with E-state index in [9.17, 15) is 4.79 Å². The first-order valence-corrected chi connectivity index (χ1v) is 7.56. The van der Waals surface area contributed by atoms with Gasteiger partial charge in [0.15, 0.2) is 0 Å². The number of fused-ring (bicyclic) bond motifs is 2. The third kappa shape index (κ3) is 1.49. The Balaban J connectivity index is 1.68. The molecule has 4 aliphatic rings. The van der Waals surface area contributed by atoms with Gasteiger partial charge in [-0.15, -0.1) is 0 Å². The molecule has 98 valence electrons. The van der Waals surface area contributed by atoms with Crippen LogP contribution in [0.4, 0.5) is 0 Å². The third-order valence-corrected chi connectivity index (χ3v) is 5.59. The van der Waals surface area contributed by atoms with Gasteiger partial charge in [-0.1, -0.05) is 6.08 Å². The van der Waals surface area contributed by atoms with Crippen LogP contribution in [0.1, 0.15) is 32.1 Å². The number of hydrogen-bond donors (Lipinski definition) is 0. The summed E-state index contributed by atoms with van der Waals surface area (Å²) in [5.74, 6) is 1.76. The molecule has 0 N–H and O–H groups in total. The SMILES string of the molecule is O=C1C=CC[C@@H]2C3CCCN4CCCC(CN12)C34. The topological polar surface area (TPSA) is 23.6 Å². The van der Waals surface area contributed by atoms with E-state index >= 15 is 0 Å². The number of amides is 1. The number of nitrogens with zero attached hydrogens (tertiary/aromatic N) is 2. The maximum Gasteiger partial charge on any atom is 0.246 e. The predicted molar refractivity (Wildman–Crippen MR) is 70.1 cm³/mol. The molecule has 3 nitrogen and oxygen atoms in total. The van der Waals surface area contributed by atoms with Crippen molar-refractivity contribution < 1.29 is 4.79 Å².